The van der Waals surface area contributed by atoms with Crippen LogP contribution in [0.3, 0.4) is 0 Å². The van der Waals surface area contributed by atoms with E-state index in [4.69, 9.17) is 4.74 Å². The third kappa shape index (κ3) is 6.31. The number of nitrogens with one attached hydrogen (secondary N) is 2. The molecule has 2 aliphatic heterocycles. The highest BCUT2D eigenvalue weighted by atomic mass is 16.5. The second-order valence-electron chi connectivity index (χ2n) is 8.02. The first-order chi connectivity index (χ1) is 14.7. The van der Waals surface area contributed by atoms with Crippen molar-refractivity contribution in [1.29, 1.82) is 0 Å². The van der Waals surface area contributed by atoms with Gasteiger partial charge in [-0.3, -0.25) is 9.69 Å². The van der Waals surface area contributed by atoms with E-state index >= 15 is 0 Å². The highest BCUT2D eigenvalue weighted by molar-refractivity contribution is 5.77. The van der Waals surface area contributed by atoms with E-state index in [1.54, 1.807) is 0 Å². The predicted molar refractivity (Wildman–Crippen MR) is 123 cm³/mol. The molecule has 0 saturated carbocycles. The zero-order valence-electron chi connectivity index (χ0n) is 18.0. The van der Waals surface area contributed by atoms with Crippen LogP contribution in [-0.2, 0) is 4.79 Å². The van der Waals surface area contributed by atoms with Gasteiger partial charge in [-0.05, 0) is 49.4 Å². The van der Waals surface area contributed by atoms with Crippen LogP contribution in [0.5, 0.6) is 5.75 Å². The number of para-hydroxylation sites is 1. The van der Waals surface area contributed by atoms with E-state index in [0.717, 1.165) is 56.8 Å². The molecule has 3 rings (SSSR count). The molecule has 0 aromatic heterocycles. The summed E-state index contributed by atoms with van der Waals surface area (Å²) in [4.78, 5) is 14.6. The maximum absolute atomic E-state index is 12.2. The lowest BCUT2D eigenvalue weighted by Crippen LogP contribution is -2.35. The monoisotopic (exact) mass is 409 g/mol. The van der Waals surface area contributed by atoms with Gasteiger partial charge in [0.1, 0.15) is 5.75 Å². The lowest BCUT2D eigenvalue weighted by atomic mass is 9.97. The second-order valence-corrected chi connectivity index (χ2v) is 8.02. The Morgan fingerprint density at radius 3 is 2.83 bits per heavy atom. The van der Waals surface area contributed by atoms with Crippen molar-refractivity contribution in [1.82, 2.24) is 15.5 Å². The van der Waals surface area contributed by atoms with Gasteiger partial charge in [0.05, 0.1) is 0 Å². The molecule has 162 valence electrons. The van der Waals surface area contributed by atoms with Crippen LogP contribution in [0.15, 0.2) is 60.7 Å². The number of hydrogen-bond acceptors (Lipinski definition) is 4. The molecular weight excluding hydrogens is 374 g/mol. The van der Waals surface area contributed by atoms with Crippen molar-refractivity contribution in [3.05, 3.63) is 66.3 Å². The van der Waals surface area contributed by atoms with Gasteiger partial charge >= 0.3 is 0 Å². The second kappa shape index (κ2) is 11.7. The lowest BCUT2D eigenvalue weighted by Gasteiger charge is -2.28. The average molecular weight is 410 g/mol. The summed E-state index contributed by atoms with van der Waals surface area (Å²) < 4.78 is 5.86. The van der Waals surface area contributed by atoms with Crippen molar-refractivity contribution in [3.8, 4) is 5.75 Å². The number of benzene rings is 1. The molecule has 5 heteroatoms. The number of ether oxygens (including phenoxy) is 1. The molecule has 1 unspecified atom stereocenters. The predicted octanol–water partition coefficient (Wildman–Crippen LogP) is 3.76. The first-order valence-corrected chi connectivity index (χ1v) is 11.1. The van der Waals surface area contributed by atoms with Gasteiger partial charge in [0.15, 0.2) is 6.61 Å². The van der Waals surface area contributed by atoms with Gasteiger partial charge < -0.3 is 15.4 Å². The topological polar surface area (TPSA) is 53.6 Å². The summed E-state index contributed by atoms with van der Waals surface area (Å²) in [7, 11) is 0. The molecule has 2 aliphatic rings. The number of carbonyl (C=O) groups is 1. The quantitative estimate of drug-likeness (QED) is 0.578. The van der Waals surface area contributed by atoms with Crippen LogP contribution in [0.1, 0.15) is 43.7 Å². The Hall–Kier alpha value is -2.37. The molecule has 30 heavy (non-hydrogen) atoms. The molecular formula is C25H35N3O2. The normalized spacial score (nSPS) is 19.9. The van der Waals surface area contributed by atoms with Crippen LogP contribution in [0.4, 0.5) is 0 Å². The Morgan fingerprint density at radius 2 is 2.07 bits per heavy atom. The Balaban J connectivity index is 1.37. The largest absolute Gasteiger partial charge is 0.483 e. The summed E-state index contributed by atoms with van der Waals surface area (Å²) in [5, 5.41) is 6.53. The van der Waals surface area contributed by atoms with Crippen molar-refractivity contribution in [2.75, 3.05) is 39.3 Å². The van der Waals surface area contributed by atoms with E-state index in [0.29, 0.717) is 12.6 Å². The van der Waals surface area contributed by atoms with E-state index < -0.39 is 0 Å². The number of nitrogens with zero attached hydrogens (tertiary/aromatic N) is 1. The van der Waals surface area contributed by atoms with Gasteiger partial charge in [0.2, 0.25) is 0 Å². The number of piperidine rings is 1. The summed E-state index contributed by atoms with van der Waals surface area (Å²) in [6, 6.07) is 8.36. The van der Waals surface area contributed by atoms with Gasteiger partial charge in [-0.25, -0.2) is 0 Å². The molecule has 2 N–H and O–H groups in total. The van der Waals surface area contributed by atoms with Crippen molar-refractivity contribution in [3.63, 3.8) is 0 Å². The van der Waals surface area contributed by atoms with Crippen molar-refractivity contribution in [2.45, 2.75) is 38.1 Å². The Bertz CT molecular complexity index is 765. The summed E-state index contributed by atoms with van der Waals surface area (Å²) in [6.07, 6.45) is 9.37. The number of rotatable bonds is 10. The lowest BCUT2D eigenvalue weighted by molar-refractivity contribution is -0.123. The third-order valence-corrected chi connectivity index (χ3v) is 5.93. The fourth-order valence-corrected chi connectivity index (χ4v) is 4.22. The van der Waals surface area contributed by atoms with E-state index in [1.165, 1.54) is 24.0 Å². The van der Waals surface area contributed by atoms with Gasteiger partial charge in [-0.1, -0.05) is 49.9 Å². The van der Waals surface area contributed by atoms with Crippen LogP contribution in [0, 0.1) is 0 Å². The van der Waals surface area contributed by atoms with Gasteiger partial charge in [0.25, 0.3) is 5.91 Å². The van der Waals surface area contributed by atoms with Crippen molar-refractivity contribution >= 4 is 5.91 Å². The van der Waals surface area contributed by atoms with Crippen LogP contribution >= 0.6 is 0 Å². The molecule has 1 aromatic rings. The highest BCUT2D eigenvalue weighted by Gasteiger charge is 2.19. The number of allylic oxidation sites excluding steroid dienone is 1. The first-order valence-electron chi connectivity index (χ1n) is 11.1. The number of carbonyl (C=O) groups excluding carboxylic acids is 1. The molecule has 1 atom stereocenters. The third-order valence-electron chi connectivity index (χ3n) is 5.93. The molecule has 0 radical (unpaired) electrons. The summed E-state index contributed by atoms with van der Waals surface area (Å²) >= 11 is 0. The minimum absolute atomic E-state index is 0.0551. The molecule has 1 saturated heterocycles. The smallest absolute Gasteiger partial charge is 0.257 e. The summed E-state index contributed by atoms with van der Waals surface area (Å²) in [6.45, 7) is 12.4. The van der Waals surface area contributed by atoms with Crippen LogP contribution < -0.4 is 15.4 Å². The molecule has 1 amide bonds. The average Bonchev–Trinajstić information content (AvgIpc) is 2.81. The van der Waals surface area contributed by atoms with Crippen molar-refractivity contribution in [2.24, 2.45) is 0 Å². The van der Waals surface area contributed by atoms with E-state index in [-0.39, 0.29) is 12.5 Å². The van der Waals surface area contributed by atoms with Crippen molar-refractivity contribution < 1.29 is 9.53 Å². The number of amides is 1. The van der Waals surface area contributed by atoms with E-state index in [9.17, 15) is 4.79 Å². The maximum atomic E-state index is 12.2. The first kappa shape index (κ1) is 22.3. The SMILES string of the molecule is C=CC1=C(C=C)CN(CCCNC(=O)COc2ccccc2C2CCCCN2)CC1. The molecule has 0 spiro atoms. The fraction of sp³-hybridized carbons (Fsp3) is 0.480. The van der Waals surface area contributed by atoms with Crippen LogP contribution in [0.2, 0.25) is 0 Å². The minimum Gasteiger partial charge on any atom is -0.483 e. The van der Waals surface area contributed by atoms with E-state index in [1.807, 2.05) is 30.4 Å². The van der Waals surface area contributed by atoms with Gasteiger partial charge in [-0.15, -0.1) is 0 Å². The van der Waals surface area contributed by atoms with Crippen LogP contribution in [-0.4, -0.2) is 50.1 Å². The van der Waals surface area contributed by atoms with E-state index in [2.05, 4.69) is 34.8 Å². The Kier molecular flexibility index (Phi) is 8.72. The fourth-order valence-electron chi connectivity index (χ4n) is 4.22. The Morgan fingerprint density at radius 1 is 1.23 bits per heavy atom. The molecule has 5 nitrogen and oxygen atoms in total. The zero-order chi connectivity index (χ0) is 21.2. The van der Waals surface area contributed by atoms with Gasteiger partial charge in [0, 0.05) is 37.8 Å². The molecule has 0 aliphatic carbocycles. The number of hydrogen-bond donors (Lipinski definition) is 2. The summed E-state index contributed by atoms with van der Waals surface area (Å²) in [5.74, 6) is 0.739. The highest BCUT2D eigenvalue weighted by Crippen LogP contribution is 2.30. The van der Waals surface area contributed by atoms with Crippen LogP contribution in [0.25, 0.3) is 0 Å². The molecule has 2 heterocycles. The molecule has 1 aromatic carbocycles. The zero-order valence-corrected chi connectivity index (χ0v) is 18.0. The Labute approximate surface area is 180 Å². The molecule has 1 fully saturated rings. The maximum Gasteiger partial charge on any atom is 0.257 e. The standard InChI is InChI=1S/C25H35N3O2/c1-3-20-13-17-28(18-21(20)4-2)16-9-15-27-25(29)19-30-24-12-6-5-10-22(24)23-11-7-8-14-26-23/h3-6,10,12,23,26H,1-2,7-9,11,13-19H2,(H,27,29). The van der Waals surface area contributed by atoms with Gasteiger partial charge in [-0.2, -0.15) is 0 Å². The molecule has 0 bridgehead atoms. The summed E-state index contributed by atoms with van der Waals surface area (Å²) in [5.41, 5.74) is 3.72. The minimum atomic E-state index is -0.0688.